The molecule has 82 valence electrons. The fourth-order valence-corrected chi connectivity index (χ4v) is 1.74. The van der Waals surface area contributed by atoms with Gasteiger partial charge >= 0.3 is 6.01 Å². The summed E-state index contributed by atoms with van der Waals surface area (Å²) in [6.45, 7) is 1.02. The van der Waals surface area contributed by atoms with E-state index in [0.717, 1.165) is 31.8 Å². The molecule has 1 aliphatic rings. The highest BCUT2D eigenvalue weighted by atomic mass is 19.1. The molecule has 4 nitrogen and oxygen atoms in total. The summed E-state index contributed by atoms with van der Waals surface area (Å²) in [6.07, 6.45) is 4.45. The van der Waals surface area contributed by atoms with Crippen LogP contribution in [-0.2, 0) is 0 Å². The Morgan fingerprint density at radius 2 is 2.13 bits per heavy atom. The molecule has 0 bridgehead atoms. The third kappa shape index (κ3) is 2.62. The summed E-state index contributed by atoms with van der Waals surface area (Å²) in [4.78, 5) is 7.49. The molecule has 15 heavy (non-hydrogen) atoms. The van der Waals surface area contributed by atoms with Crippen molar-refractivity contribution < 1.29 is 9.13 Å². The molecule has 0 atom stereocenters. The Labute approximate surface area is 87.9 Å². The third-order valence-corrected chi connectivity index (χ3v) is 2.55. The zero-order chi connectivity index (χ0) is 10.7. The van der Waals surface area contributed by atoms with Gasteiger partial charge in [-0.15, -0.1) is 0 Å². The van der Waals surface area contributed by atoms with Gasteiger partial charge in [-0.25, -0.2) is 14.4 Å². The standard InChI is InChI=1S/C10H14FN3O/c1-12-4-7-2-9(3-7)15-10-13-5-8(11)6-14-10/h5-7,9,12H,2-4H2,1H3. The topological polar surface area (TPSA) is 47.0 Å². The van der Waals surface area contributed by atoms with Gasteiger partial charge in [0.05, 0.1) is 12.4 Å². The molecule has 1 N–H and O–H groups in total. The first-order valence-corrected chi connectivity index (χ1v) is 5.06. The molecule has 1 aromatic rings. The molecule has 0 aliphatic heterocycles. The number of nitrogens with one attached hydrogen (secondary N) is 1. The lowest BCUT2D eigenvalue weighted by Gasteiger charge is -2.34. The van der Waals surface area contributed by atoms with Crippen molar-refractivity contribution >= 4 is 0 Å². The van der Waals surface area contributed by atoms with Crippen molar-refractivity contribution in [2.75, 3.05) is 13.6 Å². The summed E-state index contributed by atoms with van der Waals surface area (Å²) in [6, 6.07) is 0.268. The maximum absolute atomic E-state index is 12.5. The lowest BCUT2D eigenvalue weighted by Crippen LogP contribution is -2.38. The number of hydrogen-bond acceptors (Lipinski definition) is 4. The first kappa shape index (κ1) is 10.3. The molecular weight excluding hydrogens is 197 g/mol. The van der Waals surface area contributed by atoms with Crippen molar-refractivity contribution in [1.29, 1.82) is 0 Å². The average Bonchev–Trinajstić information content (AvgIpc) is 2.18. The average molecular weight is 211 g/mol. The van der Waals surface area contributed by atoms with Gasteiger partial charge in [0.25, 0.3) is 0 Å². The number of ether oxygens (including phenoxy) is 1. The highest BCUT2D eigenvalue weighted by molar-refractivity contribution is 4.98. The van der Waals surface area contributed by atoms with Crippen LogP contribution in [0.1, 0.15) is 12.8 Å². The van der Waals surface area contributed by atoms with Gasteiger partial charge in [-0.2, -0.15) is 0 Å². The smallest absolute Gasteiger partial charge is 0.316 e. The van der Waals surface area contributed by atoms with Crippen molar-refractivity contribution in [3.05, 3.63) is 18.2 Å². The number of nitrogens with zero attached hydrogens (tertiary/aromatic N) is 2. The van der Waals surface area contributed by atoms with E-state index in [1.54, 1.807) is 0 Å². The van der Waals surface area contributed by atoms with E-state index in [2.05, 4.69) is 15.3 Å². The van der Waals surface area contributed by atoms with Gasteiger partial charge < -0.3 is 10.1 Å². The van der Waals surface area contributed by atoms with E-state index in [-0.39, 0.29) is 12.1 Å². The van der Waals surface area contributed by atoms with Crippen molar-refractivity contribution in [1.82, 2.24) is 15.3 Å². The van der Waals surface area contributed by atoms with Gasteiger partial charge in [0.2, 0.25) is 0 Å². The fourth-order valence-electron chi connectivity index (χ4n) is 1.74. The second kappa shape index (κ2) is 4.53. The summed E-state index contributed by atoms with van der Waals surface area (Å²) in [7, 11) is 1.94. The molecular formula is C10H14FN3O. The third-order valence-electron chi connectivity index (χ3n) is 2.55. The number of aromatic nitrogens is 2. The van der Waals surface area contributed by atoms with E-state index in [0.29, 0.717) is 5.92 Å². The predicted octanol–water partition coefficient (Wildman–Crippen LogP) is 0.992. The SMILES string of the molecule is CNCC1CC(Oc2ncc(F)cn2)C1. The minimum atomic E-state index is -0.441. The lowest BCUT2D eigenvalue weighted by atomic mass is 9.82. The van der Waals surface area contributed by atoms with Crippen molar-refractivity contribution in [3.63, 3.8) is 0 Å². The van der Waals surface area contributed by atoms with Crippen LogP contribution in [0.3, 0.4) is 0 Å². The van der Waals surface area contributed by atoms with Crippen molar-refractivity contribution in [3.8, 4) is 6.01 Å². The molecule has 0 spiro atoms. The molecule has 0 unspecified atom stereocenters. The molecule has 1 aromatic heterocycles. The van der Waals surface area contributed by atoms with Crippen LogP contribution in [0.5, 0.6) is 6.01 Å². The van der Waals surface area contributed by atoms with E-state index in [9.17, 15) is 4.39 Å². The molecule has 2 rings (SSSR count). The second-order valence-corrected chi connectivity index (χ2v) is 3.82. The highest BCUT2D eigenvalue weighted by Crippen LogP contribution is 2.29. The van der Waals surface area contributed by atoms with Gasteiger partial charge in [0.1, 0.15) is 6.10 Å². The van der Waals surface area contributed by atoms with Crippen molar-refractivity contribution in [2.24, 2.45) is 5.92 Å². The molecule has 1 aliphatic carbocycles. The minimum Gasteiger partial charge on any atom is -0.460 e. The predicted molar refractivity (Wildman–Crippen MR) is 53.1 cm³/mol. The second-order valence-electron chi connectivity index (χ2n) is 3.82. The minimum absolute atomic E-state index is 0.189. The molecule has 1 saturated carbocycles. The number of hydrogen-bond donors (Lipinski definition) is 1. The van der Waals surface area contributed by atoms with Gasteiger partial charge in [-0.1, -0.05) is 0 Å². The van der Waals surface area contributed by atoms with Crippen LogP contribution in [-0.4, -0.2) is 29.7 Å². The van der Waals surface area contributed by atoms with Crippen LogP contribution >= 0.6 is 0 Å². The van der Waals surface area contributed by atoms with E-state index in [1.807, 2.05) is 7.05 Å². The quantitative estimate of drug-likeness (QED) is 0.806. The normalized spacial score (nSPS) is 24.7. The Morgan fingerprint density at radius 3 is 2.73 bits per heavy atom. The maximum Gasteiger partial charge on any atom is 0.316 e. The van der Waals surface area contributed by atoms with Crippen LogP contribution < -0.4 is 10.1 Å². The van der Waals surface area contributed by atoms with E-state index in [1.165, 1.54) is 0 Å². The van der Waals surface area contributed by atoms with Crippen LogP contribution in [0, 0.1) is 11.7 Å². The maximum atomic E-state index is 12.5. The van der Waals surface area contributed by atoms with E-state index >= 15 is 0 Å². The summed E-state index contributed by atoms with van der Waals surface area (Å²) in [5, 5.41) is 3.13. The summed E-state index contributed by atoms with van der Waals surface area (Å²) >= 11 is 0. The Bertz CT molecular complexity index is 311. The fraction of sp³-hybridized carbons (Fsp3) is 0.600. The summed E-state index contributed by atoms with van der Waals surface area (Å²) < 4.78 is 18.0. The Balaban J connectivity index is 1.77. The summed E-state index contributed by atoms with van der Waals surface area (Å²) in [5.74, 6) is 0.240. The first-order chi connectivity index (χ1) is 7.28. The number of halogens is 1. The van der Waals surface area contributed by atoms with E-state index < -0.39 is 5.82 Å². The van der Waals surface area contributed by atoms with Crippen LogP contribution in [0.15, 0.2) is 12.4 Å². The molecule has 0 saturated heterocycles. The van der Waals surface area contributed by atoms with Gasteiger partial charge in [-0.05, 0) is 32.4 Å². The number of rotatable bonds is 4. The van der Waals surface area contributed by atoms with Crippen molar-refractivity contribution in [2.45, 2.75) is 18.9 Å². The first-order valence-electron chi connectivity index (χ1n) is 5.06. The van der Waals surface area contributed by atoms with Crippen LogP contribution in [0.4, 0.5) is 4.39 Å². The molecule has 5 heteroatoms. The Kier molecular flexibility index (Phi) is 3.11. The van der Waals surface area contributed by atoms with Gasteiger partial charge in [0, 0.05) is 0 Å². The highest BCUT2D eigenvalue weighted by Gasteiger charge is 2.30. The van der Waals surface area contributed by atoms with E-state index in [4.69, 9.17) is 4.74 Å². The monoisotopic (exact) mass is 211 g/mol. The van der Waals surface area contributed by atoms with Crippen LogP contribution in [0.2, 0.25) is 0 Å². The summed E-state index contributed by atoms with van der Waals surface area (Å²) in [5.41, 5.74) is 0. The Morgan fingerprint density at radius 1 is 1.47 bits per heavy atom. The zero-order valence-electron chi connectivity index (χ0n) is 8.61. The Hall–Kier alpha value is -1.23. The molecule has 1 fully saturated rings. The van der Waals surface area contributed by atoms with Gasteiger partial charge in [0.15, 0.2) is 5.82 Å². The largest absolute Gasteiger partial charge is 0.460 e. The zero-order valence-corrected chi connectivity index (χ0v) is 8.61. The molecule has 1 heterocycles. The lowest BCUT2D eigenvalue weighted by molar-refractivity contribution is 0.0570. The van der Waals surface area contributed by atoms with Gasteiger partial charge in [-0.3, -0.25) is 0 Å². The molecule has 0 radical (unpaired) electrons. The molecule has 0 aromatic carbocycles. The molecule has 0 amide bonds. The van der Waals surface area contributed by atoms with Crippen LogP contribution in [0.25, 0.3) is 0 Å².